The Morgan fingerprint density at radius 3 is 2.69 bits per heavy atom. The second-order valence-electron chi connectivity index (χ2n) is 3.61. The standard InChI is InChI=1S/C12H14ClN3/c13-11-10(7-4-8-14)15-12(16-11)9-5-2-1-3-6-9/h1-3,5-6H,4,7-8,14H2,(H,15,16). The number of halogens is 1. The molecule has 0 unspecified atom stereocenters. The summed E-state index contributed by atoms with van der Waals surface area (Å²) in [6, 6.07) is 9.93. The predicted molar refractivity (Wildman–Crippen MR) is 66.4 cm³/mol. The highest BCUT2D eigenvalue weighted by Crippen LogP contribution is 2.21. The third kappa shape index (κ3) is 2.43. The van der Waals surface area contributed by atoms with E-state index in [1.54, 1.807) is 0 Å². The molecule has 4 heteroatoms. The molecule has 0 spiro atoms. The average Bonchev–Trinajstić information content (AvgIpc) is 2.69. The first kappa shape index (κ1) is 11.2. The fourth-order valence-electron chi connectivity index (χ4n) is 1.57. The number of imidazole rings is 1. The van der Waals surface area contributed by atoms with Crippen molar-refractivity contribution in [2.24, 2.45) is 5.73 Å². The number of benzene rings is 1. The van der Waals surface area contributed by atoms with Crippen LogP contribution in [0.5, 0.6) is 0 Å². The molecule has 0 atom stereocenters. The van der Waals surface area contributed by atoms with E-state index in [-0.39, 0.29) is 0 Å². The van der Waals surface area contributed by atoms with Crippen molar-refractivity contribution in [3.63, 3.8) is 0 Å². The number of nitrogens with one attached hydrogen (secondary N) is 1. The van der Waals surface area contributed by atoms with Crippen LogP contribution in [0, 0.1) is 0 Å². The van der Waals surface area contributed by atoms with Crippen LogP contribution in [0.1, 0.15) is 12.1 Å². The van der Waals surface area contributed by atoms with Crippen molar-refractivity contribution in [2.75, 3.05) is 6.54 Å². The number of rotatable bonds is 4. The van der Waals surface area contributed by atoms with Gasteiger partial charge in [-0.2, -0.15) is 0 Å². The normalized spacial score (nSPS) is 10.6. The smallest absolute Gasteiger partial charge is 0.150 e. The maximum atomic E-state index is 6.05. The molecule has 0 amide bonds. The Morgan fingerprint density at radius 2 is 2.00 bits per heavy atom. The van der Waals surface area contributed by atoms with Crippen LogP contribution in [0.2, 0.25) is 5.15 Å². The molecular weight excluding hydrogens is 222 g/mol. The molecule has 84 valence electrons. The number of aromatic nitrogens is 2. The first-order valence-corrected chi connectivity index (χ1v) is 5.69. The van der Waals surface area contributed by atoms with E-state index in [2.05, 4.69) is 9.97 Å². The van der Waals surface area contributed by atoms with E-state index in [1.165, 1.54) is 0 Å². The van der Waals surface area contributed by atoms with E-state index in [0.717, 1.165) is 29.9 Å². The van der Waals surface area contributed by atoms with Crippen molar-refractivity contribution in [1.82, 2.24) is 9.97 Å². The van der Waals surface area contributed by atoms with Gasteiger partial charge >= 0.3 is 0 Å². The summed E-state index contributed by atoms with van der Waals surface area (Å²) >= 11 is 6.05. The monoisotopic (exact) mass is 235 g/mol. The summed E-state index contributed by atoms with van der Waals surface area (Å²) in [7, 11) is 0. The Bertz CT molecular complexity index is 451. The lowest BCUT2D eigenvalue weighted by molar-refractivity contribution is 0.816. The molecule has 3 N–H and O–H groups in total. The van der Waals surface area contributed by atoms with Crippen molar-refractivity contribution in [3.05, 3.63) is 41.2 Å². The summed E-state index contributed by atoms with van der Waals surface area (Å²) in [5.41, 5.74) is 7.48. The van der Waals surface area contributed by atoms with Crippen molar-refractivity contribution in [1.29, 1.82) is 0 Å². The summed E-state index contributed by atoms with van der Waals surface area (Å²) in [6.07, 6.45) is 1.76. The molecule has 1 heterocycles. The Labute approximate surface area is 99.7 Å². The number of aryl methyl sites for hydroxylation is 1. The Kier molecular flexibility index (Phi) is 3.59. The van der Waals surface area contributed by atoms with Gasteiger partial charge in [-0.3, -0.25) is 0 Å². The third-order valence-corrected chi connectivity index (χ3v) is 2.72. The summed E-state index contributed by atoms with van der Waals surface area (Å²) in [6.45, 7) is 0.663. The quantitative estimate of drug-likeness (QED) is 0.856. The van der Waals surface area contributed by atoms with Gasteiger partial charge in [0.25, 0.3) is 0 Å². The molecule has 16 heavy (non-hydrogen) atoms. The molecule has 0 saturated heterocycles. The van der Waals surface area contributed by atoms with Gasteiger partial charge in [-0.05, 0) is 19.4 Å². The number of H-pyrrole nitrogens is 1. The largest absolute Gasteiger partial charge is 0.341 e. The van der Waals surface area contributed by atoms with E-state index in [1.807, 2.05) is 30.3 Å². The zero-order valence-electron chi connectivity index (χ0n) is 8.91. The minimum Gasteiger partial charge on any atom is -0.341 e. The van der Waals surface area contributed by atoms with Crippen LogP contribution in [0.4, 0.5) is 0 Å². The van der Waals surface area contributed by atoms with E-state index in [0.29, 0.717) is 11.7 Å². The molecule has 2 aromatic rings. The zero-order chi connectivity index (χ0) is 11.4. The summed E-state index contributed by atoms with van der Waals surface area (Å²) in [4.78, 5) is 7.54. The van der Waals surface area contributed by atoms with Gasteiger partial charge in [0.1, 0.15) is 5.82 Å². The second-order valence-corrected chi connectivity index (χ2v) is 3.97. The van der Waals surface area contributed by atoms with Crippen molar-refractivity contribution >= 4 is 11.6 Å². The average molecular weight is 236 g/mol. The first-order valence-electron chi connectivity index (χ1n) is 5.31. The van der Waals surface area contributed by atoms with Gasteiger partial charge in [0, 0.05) is 5.56 Å². The van der Waals surface area contributed by atoms with Gasteiger partial charge in [-0.25, -0.2) is 4.98 Å². The Balaban J connectivity index is 2.24. The van der Waals surface area contributed by atoms with Crippen LogP contribution in [-0.2, 0) is 6.42 Å². The zero-order valence-corrected chi connectivity index (χ0v) is 9.67. The SMILES string of the molecule is NCCCc1[nH]c(-c2ccccc2)nc1Cl. The second kappa shape index (κ2) is 5.14. The molecule has 0 aliphatic carbocycles. The van der Waals surface area contributed by atoms with E-state index in [4.69, 9.17) is 17.3 Å². The lowest BCUT2D eigenvalue weighted by Crippen LogP contribution is -2.00. The van der Waals surface area contributed by atoms with Gasteiger partial charge in [0.05, 0.1) is 5.69 Å². The third-order valence-electron chi connectivity index (χ3n) is 2.41. The van der Waals surface area contributed by atoms with E-state index >= 15 is 0 Å². The molecule has 2 rings (SSSR count). The molecule has 3 nitrogen and oxygen atoms in total. The molecule has 0 saturated carbocycles. The lowest BCUT2D eigenvalue weighted by atomic mass is 10.2. The Hall–Kier alpha value is -1.32. The van der Waals surface area contributed by atoms with Crippen molar-refractivity contribution in [2.45, 2.75) is 12.8 Å². The van der Waals surface area contributed by atoms with Crippen LogP contribution in [0.25, 0.3) is 11.4 Å². The van der Waals surface area contributed by atoms with Crippen LogP contribution < -0.4 is 5.73 Å². The van der Waals surface area contributed by atoms with Crippen LogP contribution in [0.15, 0.2) is 30.3 Å². The lowest BCUT2D eigenvalue weighted by Gasteiger charge is -1.96. The molecule has 1 aromatic carbocycles. The minimum atomic E-state index is 0.548. The van der Waals surface area contributed by atoms with E-state index in [9.17, 15) is 0 Å². The minimum absolute atomic E-state index is 0.548. The predicted octanol–water partition coefficient (Wildman–Crippen LogP) is 2.62. The van der Waals surface area contributed by atoms with Gasteiger partial charge in [0.2, 0.25) is 0 Å². The maximum absolute atomic E-state index is 6.05. The molecule has 0 fully saturated rings. The molecule has 0 bridgehead atoms. The van der Waals surface area contributed by atoms with Gasteiger partial charge in [-0.1, -0.05) is 41.9 Å². The number of hydrogen-bond donors (Lipinski definition) is 2. The van der Waals surface area contributed by atoms with Gasteiger partial charge < -0.3 is 10.7 Å². The first-order chi connectivity index (χ1) is 7.81. The van der Waals surface area contributed by atoms with Crippen LogP contribution in [-0.4, -0.2) is 16.5 Å². The maximum Gasteiger partial charge on any atom is 0.150 e. The van der Waals surface area contributed by atoms with Gasteiger partial charge in [0.15, 0.2) is 5.15 Å². The highest BCUT2D eigenvalue weighted by molar-refractivity contribution is 6.30. The van der Waals surface area contributed by atoms with Crippen LogP contribution >= 0.6 is 11.6 Å². The Morgan fingerprint density at radius 1 is 1.25 bits per heavy atom. The highest BCUT2D eigenvalue weighted by Gasteiger charge is 2.08. The summed E-state index contributed by atoms with van der Waals surface area (Å²) in [5.74, 6) is 0.817. The topological polar surface area (TPSA) is 54.7 Å². The summed E-state index contributed by atoms with van der Waals surface area (Å²) < 4.78 is 0. The van der Waals surface area contributed by atoms with Crippen molar-refractivity contribution in [3.8, 4) is 11.4 Å². The molecule has 0 aliphatic heterocycles. The molecule has 1 aromatic heterocycles. The highest BCUT2D eigenvalue weighted by atomic mass is 35.5. The fourth-order valence-corrected chi connectivity index (χ4v) is 1.79. The number of hydrogen-bond acceptors (Lipinski definition) is 2. The summed E-state index contributed by atoms with van der Waals surface area (Å²) in [5, 5.41) is 0.548. The van der Waals surface area contributed by atoms with Crippen molar-refractivity contribution < 1.29 is 0 Å². The number of nitrogens with two attached hydrogens (primary N) is 1. The molecule has 0 aliphatic rings. The fraction of sp³-hybridized carbons (Fsp3) is 0.250. The van der Waals surface area contributed by atoms with Crippen LogP contribution in [0.3, 0.4) is 0 Å². The van der Waals surface area contributed by atoms with E-state index < -0.39 is 0 Å². The molecular formula is C12H14ClN3. The molecule has 0 radical (unpaired) electrons. The number of nitrogens with zero attached hydrogens (tertiary/aromatic N) is 1. The number of aromatic amines is 1. The van der Waals surface area contributed by atoms with Gasteiger partial charge in [-0.15, -0.1) is 0 Å².